The van der Waals surface area contributed by atoms with Gasteiger partial charge < -0.3 is 9.80 Å². The number of likely N-dealkylation sites (tertiary alicyclic amines) is 4. The van der Waals surface area contributed by atoms with E-state index < -0.39 is 12.1 Å². The van der Waals surface area contributed by atoms with E-state index in [1.54, 1.807) is 0 Å². The number of Topliss-reactive ketones (excluding diaryl/α,β-unsaturated/α-hetero) is 1. The second-order valence-corrected chi connectivity index (χ2v) is 15.9. The standard InChI is InChI=1S/C47H54N4O3/c52-45(37-13-3-1-4-14-37)39-23-19-35(20-24-39)43(50-31-11-17-41(50)33-48-27-7-8-28-48)47(54)44(51-32-12-18-42(51)34-49-29-9-10-30-49)36-21-25-40(26-22-36)46(53)38-15-5-2-6-16-38/h1-6,13-16,19-26,41-44H,7-12,17-18,27-34H2/t41?,42?,43-,44-/m0/s1. The molecule has 8 rings (SSSR count). The average molecular weight is 723 g/mol. The molecule has 4 aliphatic rings. The Morgan fingerprint density at radius 3 is 1.17 bits per heavy atom. The van der Waals surface area contributed by atoms with Gasteiger partial charge in [-0.25, -0.2) is 0 Å². The summed E-state index contributed by atoms with van der Waals surface area (Å²) < 4.78 is 0. The fraction of sp³-hybridized carbons (Fsp3) is 0.426. The minimum absolute atomic E-state index is 0.0112. The molecule has 4 aromatic rings. The first-order valence-corrected chi connectivity index (χ1v) is 20.4. The van der Waals surface area contributed by atoms with Gasteiger partial charge in [0.25, 0.3) is 0 Å². The molecular formula is C47H54N4O3. The molecule has 0 N–H and O–H groups in total. The maximum Gasteiger partial charge on any atom is 0.193 e. The van der Waals surface area contributed by atoms with Crippen molar-refractivity contribution in [2.75, 3.05) is 52.4 Å². The monoisotopic (exact) mass is 722 g/mol. The molecule has 0 spiro atoms. The molecule has 54 heavy (non-hydrogen) atoms. The molecule has 4 heterocycles. The Kier molecular flexibility index (Phi) is 11.6. The summed E-state index contributed by atoms with van der Waals surface area (Å²) in [6, 6.07) is 34.3. The van der Waals surface area contributed by atoms with E-state index in [1.165, 1.54) is 25.7 Å². The highest BCUT2D eigenvalue weighted by Crippen LogP contribution is 2.40. The number of carbonyl (C=O) groups is 3. The molecule has 7 nitrogen and oxygen atoms in total. The lowest BCUT2D eigenvalue weighted by atomic mass is 9.88. The first kappa shape index (κ1) is 36.7. The normalized spacial score (nSPS) is 22.4. The first-order valence-electron chi connectivity index (χ1n) is 20.4. The van der Waals surface area contributed by atoms with Gasteiger partial charge in [0.2, 0.25) is 0 Å². The summed E-state index contributed by atoms with van der Waals surface area (Å²) in [7, 11) is 0. The largest absolute Gasteiger partial charge is 0.302 e. The molecule has 0 aromatic heterocycles. The molecule has 4 aliphatic heterocycles. The molecule has 4 fully saturated rings. The van der Waals surface area contributed by atoms with Gasteiger partial charge in [-0.1, -0.05) is 109 Å². The molecule has 2 unspecified atom stereocenters. The highest BCUT2D eigenvalue weighted by atomic mass is 16.1. The number of carbonyl (C=O) groups excluding carboxylic acids is 3. The van der Waals surface area contributed by atoms with E-state index in [4.69, 9.17) is 0 Å². The Morgan fingerprint density at radius 1 is 0.444 bits per heavy atom. The minimum atomic E-state index is -0.454. The van der Waals surface area contributed by atoms with Crippen LogP contribution in [0.4, 0.5) is 0 Å². The number of benzene rings is 4. The summed E-state index contributed by atoms with van der Waals surface area (Å²) >= 11 is 0. The van der Waals surface area contributed by atoms with Crippen LogP contribution in [0.1, 0.15) is 106 Å². The average Bonchev–Trinajstić information content (AvgIpc) is 4.08. The van der Waals surface area contributed by atoms with E-state index in [9.17, 15) is 9.59 Å². The van der Waals surface area contributed by atoms with Crippen molar-refractivity contribution in [3.8, 4) is 0 Å². The zero-order valence-electron chi connectivity index (χ0n) is 31.5. The quantitative estimate of drug-likeness (QED) is 0.124. The number of ketones is 3. The number of nitrogens with zero attached hydrogens (tertiary/aromatic N) is 4. The van der Waals surface area contributed by atoms with Gasteiger partial charge in [-0.05, 0) is 102 Å². The van der Waals surface area contributed by atoms with E-state index in [0.29, 0.717) is 22.3 Å². The fourth-order valence-electron chi connectivity index (χ4n) is 9.65. The van der Waals surface area contributed by atoms with E-state index in [2.05, 4.69) is 19.6 Å². The lowest BCUT2D eigenvalue weighted by Gasteiger charge is -2.40. The second kappa shape index (κ2) is 17.0. The van der Waals surface area contributed by atoms with Gasteiger partial charge >= 0.3 is 0 Å². The molecule has 4 saturated heterocycles. The van der Waals surface area contributed by atoms with Gasteiger partial charge in [0.15, 0.2) is 17.3 Å². The van der Waals surface area contributed by atoms with Crippen LogP contribution in [0.15, 0.2) is 109 Å². The van der Waals surface area contributed by atoms with Crippen LogP contribution in [0.2, 0.25) is 0 Å². The van der Waals surface area contributed by atoms with Gasteiger partial charge in [-0.2, -0.15) is 0 Å². The van der Waals surface area contributed by atoms with Crippen molar-refractivity contribution >= 4 is 17.3 Å². The van der Waals surface area contributed by atoms with Crippen molar-refractivity contribution in [1.82, 2.24) is 19.6 Å². The Bertz CT molecular complexity index is 1730. The van der Waals surface area contributed by atoms with Crippen molar-refractivity contribution in [2.24, 2.45) is 0 Å². The summed E-state index contributed by atoms with van der Waals surface area (Å²) in [6.45, 7) is 8.21. The number of hydrogen-bond acceptors (Lipinski definition) is 7. The number of rotatable bonds is 14. The molecule has 0 amide bonds. The predicted octanol–water partition coefficient (Wildman–Crippen LogP) is 7.62. The lowest BCUT2D eigenvalue weighted by Crippen LogP contribution is -2.49. The van der Waals surface area contributed by atoms with Gasteiger partial charge in [0.05, 0.1) is 12.1 Å². The third kappa shape index (κ3) is 8.06. The molecule has 4 aromatic carbocycles. The van der Waals surface area contributed by atoms with Crippen molar-refractivity contribution in [3.05, 3.63) is 143 Å². The zero-order valence-corrected chi connectivity index (χ0v) is 31.5. The first-order chi connectivity index (χ1) is 26.5. The topological polar surface area (TPSA) is 64.2 Å². The molecule has 0 radical (unpaired) electrons. The molecular weight excluding hydrogens is 669 g/mol. The zero-order chi connectivity index (χ0) is 36.9. The summed E-state index contributed by atoms with van der Waals surface area (Å²) in [5, 5.41) is 0. The highest BCUT2D eigenvalue weighted by molar-refractivity contribution is 6.09. The molecule has 0 aliphatic carbocycles. The predicted molar refractivity (Wildman–Crippen MR) is 214 cm³/mol. The Hall–Kier alpha value is -4.27. The molecule has 7 heteroatoms. The summed E-state index contributed by atoms with van der Waals surface area (Å²) in [6.07, 6.45) is 9.24. The Labute approximate surface area is 320 Å². The second-order valence-electron chi connectivity index (χ2n) is 15.9. The van der Waals surface area contributed by atoms with Crippen molar-refractivity contribution in [3.63, 3.8) is 0 Å². The number of hydrogen-bond donors (Lipinski definition) is 0. The smallest absolute Gasteiger partial charge is 0.193 e. The van der Waals surface area contributed by atoms with Crippen LogP contribution in [0.5, 0.6) is 0 Å². The third-order valence-corrected chi connectivity index (χ3v) is 12.4. The Morgan fingerprint density at radius 2 is 0.796 bits per heavy atom. The van der Waals surface area contributed by atoms with Gasteiger partial charge in [-0.3, -0.25) is 24.2 Å². The minimum Gasteiger partial charge on any atom is -0.302 e. The van der Waals surface area contributed by atoms with Crippen LogP contribution in [-0.4, -0.2) is 101 Å². The van der Waals surface area contributed by atoms with Crippen LogP contribution >= 0.6 is 0 Å². The SMILES string of the molecule is O=C(c1ccccc1)c1ccc([C@@H](C(=O)[C@H](c2ccc(C(=O)c3ccccc3)cc2)N2CCCC2CN2CCCC2)N2CCCC2CN2CCCC2)cc1. The Balaban J connectivity index is 1.16. The van der Waals surface area contributed by atoms with E-state index >= 15 is 4.79 Å². The summed E-state index contributed by atoms with van der Waals surface area (Å²) in [5.41, 5.74) is 4.49. The molecule has 0 bridgehead atoms. The van der Waals surface area contributed by atoms with E-state index in [-0.39, 0.29) is 29.4 Å². The maximum absolute atomic E-state index is 15.8. The van der Waals surface area contributed by atoms with Crippen molar-refractivity contribution in [1.29, 1.82) is 0 Å². The highest BCUT2D eigenvalue weighted by Gasteiger charge is 2.44. The van der Waals surface area contributed by atoms with Crippen LogP contribution in [0.25, 0.3) is 0 Å². The van der Waals surface area contributed by atoms with E-state index in [1.807, 2.05) is 109 Å². The molecule has 280 valence electrons. The van der Waals surface area contributed by atoms with Gasteiger partial charge in [0.1, 0.15) is 0 Å². The maximum atomic E-state index is 15.8. The molecule has 4 atom stereocenters. The van der Waals surface area contributed by atoms with Crippen molar-refractivity contribution in [2.45, 2.75) is 75.5 Å². The van der Waals surface area contributed by atoms with Crippen LogP contribution in [0, 0.1) is 0 Å². The van der Waals surface area contributed by atoms with Crippen molar-refractivity contribution < 1.29 is 14.4 Å². The van der Waals surface area contributed by atoms with E-state index in [0.717, 1.165) is 89.2 Å². The van der Waals surface area contributed by atoms with Crippen LogP contribution < -0.4 is 0 Å². The molecule has 0 saturated carbocycles. The summed E-state index contributed by atoms with van der Waals surface area (Å²) in [5.74, 6) is 0.173. The summed E-state index contributed by atoms with van der Waals surface area (Å²) in [4.78, 5) is 52.9. The van der Waals surface area contributed by atoms with Gasteiger partial charge in [-0.15, -0.1) is 0 Å². The van der Waals surface area contributed by atoms with Crippen LogP contribution in [0.3, 0.4) is 0 Å². The van der Waals surface area contributed by atoms with Gasteiger partial charge in [0, 0.05) is 47.4 Å². The fourth-order valence-corrected chi connectivity index (χ4v) is 9.65. The van der Waals surface area contributed by atoms with Crippen LogP contribution in [-0.2, 0) is 4.79 Å². The third-order valence-electron chi connectivity index (χ3n) is 12.4. The lowest BCUT2D eigenvalue weighted by molar-refractivity contribution is -0.131.